The van der Waals surface area contributed by atoms with Gasteiger partial charge in [0, 0.05) is 38.4 Å². The molecule has 0 saturated carbocycles. The van der Waals surface area contributed by atoms with Crippen LogP contribution in [0, 0.1) is 0 Å². The molecule has 0 aliphatic rings. The molecule has 0 aliphatic carbocycles. The molecular weight excluding hydrogens is 572 g/mol. The van der Waals surface area contributed by atoms with Crippen molar-refractivity contribution in [2.24, 2.45) is 4.99 Å². The normalized spacial score (nSPS) is 10.9. The molecule has 250 valence electrons. The highest BCUT2D eigenvalue weighted by Gasteiger charge is 2.15. The molecule has 1 N–H and O–H groups in total. The summed E-state index contributed by atoms with van der Waals surface area (Å²) in [4.78, 5) is 28.8. The summed E-state index contributed by atoms with van der Waals surface area (Å²) >= 11 is 0. The Morgan fingerprint density at radius 3 is 2.11 bits per heavy atom. The van der Waals surface area contributed by atoms with E-state index < -0.39 is 0 Å². The summed E-state index contributed by atoms with van der Waals surface area (Å²) in [6.07, 6.45) is 4.20. The van der Waals surface area contributed by atoms with E-state index in [9.17, 15) is 14.7 Å². The zero-order valence-electron chi connectivity index (χ0n) is 29.9. The van der Waals surface area contributed by atoms with Crippen molar-refractivity contribution in [3.05, 3.63) is 94.7 Å². The minimum atomic E-state index is -0.352. The lowest BCUT2D eigenvalue weighted by Gasteiger charge is -2.22. The van der Waals surface area contributed by atoms with Gasteiger partial charge in [0.2, 0.25) is 5.91 Å². The summed E-state index contributed by atoms with van der Waals surface area (Å²) in [5, 5.41) is 9.50. The molecule has 0 spiro atoms. The van der Waals surface area contributed by atoms with Crippen molar-refractivity contribution >= 4 is 17.7 Å². The Labute approximate surface area is 278 Å². The van der Waals surface area contributed by atoms with Gasteiger partial charge < -0.3 is 14.7 Å². The minimum Gasteiger partial charge on any atom is -0.502 e. The number of aliphatic hydroxyl groups excluding tert-OH is 1. The van der Waals surface area contributed by atoms with Gasteiger partial charge in [-0.25, -0.2) is 4.79 Å². The van der Waals surface area contributed by atoms with Gasteiger partial charge in [-0.3, -0.25) is 9.79 Å². The van der Waals surface area contributed by atoms with Crippen molar-refractivity contribution < 1.29 is 19.4 Å². The topological polar surface area (TPSA) is 79.2 Å². The summed E-state index contributed by atoms with van der Waals surface area (Å²) in [5.41, 5.74) is 7.09. The van der Waals surface area contributed by atoms with Crippen LogP contribution in [-0.4, -0.2) is 48.4 Å². The molecule has 0 radical (unpaired) electrons. The first-order chi connectivity index (χ1) is 22.0. The van der Waals surface area contributed by atoms with Crippen LogP contribution >= 0.6 is 0 Å². The average Bonchev–Trinajstić information content (AvgIpc) is 3.08. The smallest absolute Gasteiger partial charge is 0.227 e. The molecule has 0 bridgehead atoms. The molecule has 0 atom stereocenters. The number of ether oxygens (including phenoxy) is 1. The number of aryl methyl sites for hydroxylation is 2. The van der Waals surface area contributed by atoms with E-state index in [4.69, 9.17) is 4.74 Å². The number of carbonyl (C=O) groups is 1. The van der Waals surface area contributed by atoms with Crippen LogP contribution in [0.4, 0.5) is 0 Å². The fourth-order valence-corrected chi connectivity index (χ4v) is 4.95. The maximum atomic E-state index is 12.1. The molecule has 0 fully saturated rings. The molecule has 0 unspecified atom stereocenters. The van der Waals surface area contributed by atoms with Gasteiger partial charge in [0.1, 0.15) is 11.6 Å². The number of allylic oxidation sites excluding steroid dienone is 1. The average molecular weight is 629 g/mol. The van der Waals surface area contributed by atoms with Gasteiger partial charge in [-0.05, 0) is 65.5 Å². The second-order valence-electron chi connectivity index (χ2n) is 11.7. The molecule has 46 heavy (non-hydrogen) atoms. The molecule has 3 aromatic carbocycles. The first-order valence-corrected chi connectivity index (χ1v) is 16.6. The first kappa shape index (κ1) is 39.9. The van der Waals surface area contributed by atoms with Crippen LogP contribution < -0.4 is 4.74 Å². The van der Waals surface area contributed by atoms with E-state index in [0.29, 0.717) is 18.7 Å². The van der Waals surface area contributed by atoms with E-state index >= 15 is 0 Å². The Bertz CT molecular complexity index is 1430. The number of methoxy groups -OCH3 is 1. The van der Waals surface area contributed by atoms with Crippen molar-refractivity contribution in [3.63, 3.8) is 0 Å². The minimum absolute atomic E-state index is 0.0869. The predicted octanol–water partition coefficient (Wildman–Crippen LogP) is 9.36. The number of rotatable bonds is 11. The predicted molar refractivity (Wildman–Crippen MR) is 194 cm³/mol. The van der Waals surface area contributed by atoms with Gasteiger partial charge >= 0.3 is 0 Å². The number of benzene rings is 3. The van der Waals surface area contributed by atoms with Gasteiger partial charge in [-0.15, -0.1) is 0 Å². The number of amidine groups is 1. The lowest BCUT2D eigenvalue weighted by atomic mass is 9.86. The van der Waals surface area contributed by atoms with Crippen LogP contribution in [-0.2, 0) is 34.3 Å². The summed E-state index contributed by atoms with van der Waals surface area (Å²) in [5.74, 6) is 2.70. The Balaban J connectivity index is 0.000000629. The lowest BCUT2D eigenvalue weighted by molar-refractivity contribution is -0.127. The van der Waals surface area contributed by atoms with E-state index in [-0.39, 0.29) is 23.5 Å². The molecule has 0 heterocycles. The second-order valence-corrected chi connectivity index (χ2v) is 11.7. The summed E-state index contributed by atoms with van der Waals surface area (Å²) < 4.78 is 5.45. The molecule has 0 aliphatic heterocycles. The number of hydrogen-bond donors (Lipinski definition) is 1. The van der Waals surface area contributed by atoms with E-state index in [0.717, 1.165) is 48.2 Å². The molecule has 0 aromatic heterocycles. The molecule has 6 nitrogen and oxygen atoms in total. The molecule has 6 heteroatoms. The standard InChI is InChI=1S/C26H32N2O4.C12H18.C2H6/c1-5-26(31)28(6-2)25(27-3)12-8-10-19-9-7-11-20(15-19)21-13-14-22(16-23(30)18-29)24(17-21)32-4;1-5-10-6-8-11(9-7-10)12(2,3)4;1-2/h7,9,11,13-15,17,30H,5-6,8,10,12,16H2,1-4H3;6-9H,5H2,1-4H3;1-2H3. The fourth-order valence-electron chi connectivity index (χ4n) is 4.95. The van der Waals surface area contributed by atoms with E-state index in [1.807, 2.05) is 58.0 Å². The summed E-state index contributed by atoms with van der Waals surface area (Å²) in [6, 6.07) is 22.9. The second kappa shape index (κ2) is 20.8. The fraction of sp³-hybridized carbons (Fsp3) is 0.450. The van der Waals surface area contributed by atoms with Crippen LogP contribution in [0.2, 0.25) is 0 Å². The highest BCUT2D eigenvalue weighted by Crippen LogP contribution is 2.29. The first-order valence-electron chi connectivity index (χ1n) is 16.6. The van der Waals surface area contributed by atoms with Gasteiger partial charge in [0.15, 0.2) is 11.7 Å². The molecule has 3 rings (SSSR count). The maximum absolute atomic E-state index is 12.1. The van der Waals surface area contributed by atoms with E-state index in [1.54, 1.807) is 19.1 Å². The number of carbonyl (C=O) groups excluding carboxylic acids is 2. The quantitative estimate of drug-likeness (QED) is 0.0993. The van der Waals surface area contributed by atoms with Crippen LogP contribution in [0.3, 0.4) is 0 Å². The Kier molecular flexibility index (Phi) is 18.0. The monoisotopic (exact) mass is 628 g/mol. The highest BCUT2D eigenvalue weighted by molar-refractivity contribution is 5.98. The SMILES string of the molecule is CC.CCC(=O)N(CC)C(CCCc1cccc(-c2ccc(CC(O)=C=O)c(OC)c2)c1)=NC.CCc1ccc(C(C)(C)C)cc1. The number of amides is 1. The van der Waals surface area contributed by atoms with E-state index in [1.165, 1.54) is 22.6 Å². The lowest BCUT2D eigenvalue weighted by Crippen LogP contribution is -2.36. The van der Waals surface area contributed by atoms with Gasteiger partial charge in [0.25, 0.3) is 0 Å². The van der Waals surface area contributed by atoms with Crippen LogP contribution in [0.5, 0.6) is 5.75 Å². The highest BCUT2D eigenvalue weighted by atomic mass is 16.5. The number of hydrogen-bond acceptors (Lipinski definition) is 5. The van der Waals surface area contributed by atoms with Crippen molar-refractivity contribution in [3.8, 4) is 16.9 Å². The molecular formula is C40H56N2O4. The van der Waals surface area contributed by atoms with Crippen LogP contribution in [0.1, 0.15) is 96.9 Å². The number of aliphatic imine (C=N–C) groups is 1. The Morgan fingerprint density at radius 2 is 1.59 bits per heavy atom. The van der Waals surface area contributed by atoms with Crippen molar-refractivity contribution in [2.45, 2.75) is 99.3 Å². The Hall–Kier alpha value is -4.15. The van der Waals surface area contributed by atoms with E-state index in [2.05, 4.69) is 69.1 Å². The zero-order valence-corrected chi connectivity index (χ0v) is 29.9. The maximum Gasteiger partial charge on any atom is 0.227 e. The zero-order chi connectivity index (χ0) is 34.7. The van der Waals surface area contributed by atoms with Gasteiger partial charge in [-0.1, -0.05) is 109 Å². The van der Waals surface area contributed by atoms with Gasteiger partial charge in [-0.2, -0.15) is 0 Å². The van der Waals surface area contributed by atoms with Crippen LogP contribution in [0.25, 0.3) is 11.1 Å². The Morgan fingerprint density at radius 1 is 0.935 bits per heavy atom. The van der Waals surface area contributed by atoms with Crippen molar-refractivity contribution in [2.75, 3.05) is 20.7 Å². The van der Waals surface area contributed by atoms with Crippen LogP contribution in [0.15, 0.2) is 77.5 Å². The molecule has 3 aromatic rings. The summed E-state index contributed by atoms with van der Waals surface area (Å²) in [7, 11) is 3.31. The summed E-state index contributed by atoms with van der Waals surface area (Å²) in [6.45, 7) is 17.4. The van der Waals surface area contributed by atoms with Crippen molar-refractivity contribution in [1.29, 1.82) is 0 Å². The van der Waals surface area contributed by atoms with Crippen molar-refractivity contribution in [1.82, 2.24) is 4.90 Å². The number of aliphatic hydroxyl groups is 1. The largest absolute Gasteiger partial charge is 0.502 e. The molecule has 0 saturated heterocycles. The number of nitrogens with zero attached hydrogens (tertiary/aromatic N) is 2. The third-order valence-corrected chi connectivity index (χ3v) is 7.61. The third kappa shape index (κ3) is 12.7. The molecule has 1 amide bonds. The third-order valence-electron chi connectivity index (χ3n) is 7.61. The van der Waals surface area contributed by atoms with Gasteiger partial charge in [0.05, 0.1) is 7.11 Å².